The summed E-state index contributed by atoms with van der Waals surface area (Å²) in [4.78, 5) is 26.2. The third-order valence-electron chi connectivity index (χ3n) is 4.19. The summed E-state index contributed by atoms with van der Waals surface area (Å²) in [7, 11) is 1.65. The number of carbonyl (C=O) groups excluding carboxylic acids is 1. The predicted octanol–water partition coefficient (Wildman–Crippen LogP) is 0.754. The SMILES string of the molecule is Cn1cccc(C(=O)N2CCC3(CC2)OCCCO3)c1=O. The topological polar surface area (TPSA) is 60.8 Å². The molecular weight excluding hydrogens is 272 g/mol. The lowest BCUT2D eigenvalue weighted by atomic mass is 10.0. The van der Waals surface area contributed by atoms with E-state index in [1.54, 1.807) is 30.3 Å². The normalized spacial score (nSPS) is 21.5. The van der Waals surface area contributed by atoms with E-state index in [2.05, 4.69) is 0 Å². The van der Waals surface area contributed by atoms with Crippen LogP contribution in [-0.4, -0.2) is 47.5 Å². The molecule has 0 saturated carbocycles. The molecule has 6 heteroatoms. The quantitative estimate of drug-likeness (QED) is 0.766. The van der Waals surface area contributed by atoms with E-state index in [1.165, 1.54) is 4.57 Å². The molecule has 1 aromatic heterocycles. The molecule has 2 aliphatic heterocycles. The molecule has 1 amide bonds. The fourth-order valence-electron chi connectivity index (χ4n) is 2.89. The Bertz CT molecular complexity index is 580. The summed E-state index contributed by atoms with van der Waals surface area (Å²) >= 11 is 0. The monoisotopic (exact) mass is 292 g/mol. The summed E-state index contributed by atoms with van der Waals surface area (Å²) in [5, 5.41) is 0. The second-order valence-corrected chi connectivity index (χ2v) is 5.59. The van der Waals surface area contributed by atoms with E-state index in [9.17, 15) is 9.59 Å². The zero-order chi connectivity index (χ0) is 14.9. The number of piperidine rings is 1. The van der Waals surface area contributed by atoms with Gasteiger partial charge in [-0.1, -0.05) is 0 Å². The van der Waals surface area contributed by atoms with Gasteiger partial charge in [-0.05, 0) is 18.6 Å². The van der Waals surface area contributed by atoms with Crippen LogP contribution in [0.15, 0.2) is 23.1 Å². The van der Waals surface area contributed by atoms with Gasteiger partial charge in [0.1, 0.15) is 5.56 Å². The van der Waals surface area contributed by atoms with Crippen molar-refractivity contribution in [1.82, 2.24) is 9.47 Å². The third kappa shape index (κ3) is 2.73. The number of likely N-dealkylation sites (tertiary alicyclic amines) is 1. The van der Waals surface area contributed by atoms with Gasteiger partial charge in [0.15, 0.2) is 5.79 Å². The summed E-state index contributed by atoms with van der Waals surface area (Å²) in [6.45, 7) is 2.54. The van der Waals surface area contributed by atoms with Gasteiger partial charge in [0.2, 0.25) is 0 Å². The summed E-state index contributed by atoms with van der Waals surface area (Å²) in [5.41, 5.74) is -0.0330. The molecule has 114 valence electrons. The molecule has 2 fully saturated rings. The lowest BCUT2D eigenvalue weighted by Gasteiger charge is -2.43. The molecule has 0 bridgehead atoms. The molecule has 0 N–H and O–H groups in total. The maximum absolute atomic E-state index is 12.5. The van der Waals surface area contributed by atoms with Gasteiger partial charge in [0.25, 0.3) is 11.5 Å². The van der Waals surface area contributed by atoms with Crippen LogP contribution in [-0.2, 0) is 16.5 Å². The number of nitrogens with zero attached hydrogens (tertiary/aromatic N) is 2. The fraction of sp³-hybridized carbons (Fsp3) is 0.600. The highest BCUT2D eigenvalue weighted by Gasteiger charge is 2.39. The van der Waals surface area contributed by atoms with Crippen LogP contribution in [0.5, 0.6) is 0 Å². The van der Waals surface area contributed by atoms with Gasteiger partial charge in [-0.25, -0.2) is 0 Å². The minimum Gasteiger partial charge on any atom is -0.350 e. The van der Waals surface area contributed by atoms with Crippen LogP contribution in [0.25, 0.3) is 0 Å². The van der Waals surface area contributed by atoms with Crippen LogP contribution in [0.1, 0.15) is 29.6 Å². The molecule has 1 spiro atoms. The van der Waals surface area contributed by atoms with Crippen molar-refractivity contribution in [2.24, 2.45) is 7.05 Å². The lowest BCUT2D eigenvalue weighted by Crippen LogP contribution is -2.52. The van der Waals surface area contributed by atoms with Gasteiger partial charge in [-0.15, -0.1) is 0 Å². The van der Waals surface area contributed by atoms with Gasteiger partial charge in [0, 0.05) is 39.2 Å². The number of pyridine rings is 1. The van der Waals surface area contributed by atoms with Crippen molar-refractivity contribution in [2.75, 3.05) is 26.3 Å². The minimum atomic E-state index is -0.517. The Morgan fingerprint density at radius 1 is 1.24 bits per heavy atom. The van der Waals surface area contributed by atoms with Gasteiger partial charge >= 0.3 is 0 Å². The highest BCUT2D eigenvalue weighted by atomic mass is 16.7. The third-order valence-corrected chi connectivity index (χ3v) is 4.19. The average molecular weight is 292 g/mol. The Morgan fingerprint density at radius 3 is 2.57 bits per heavy atom. The zero-order valence-electron chi connectivity index (χ0n) is 12.2. The van der Waals surface area contributed by atoms with Crippen LogP contribution >= 0.6 is 0 Å². The molecule has 3 heterocycles. The summed E-state index contributed by atoms with van der Waals surface area (Å²) < 4.78 is 12.9. The van der Waals surface area contributed by atoms with Crippen LogP contribution < -0.4 is 5.56 Å². The zero-order valence-corrected chi connectivity index (χ0v) is 12.2. The molecule has 21 heavy (non-hydrogen) atoms. The van der Waals surface area contributed by atoms with E-state index in [1.807, 2.05) is 0 Å². The van der Waals surface area contributed by atoms with Crippen LogP contribution in [0.2, 0.25) is 0 Å². The van der Waals surface area contributed by atoms with Gasteiger partial charge < -0.3 is 18.9 Å². The van der Waals surface area contributed by atoms with Crippen molar-refractivity contribution in [1.29, 1.82) is 0 Å². The first kappa shape index (κ1) is 14.3. The van der Waals surface area contributed by atoms with Crippen molar-refractivity contribution in [3.8, 4) is 0 Å². The highest BCUT2D eigenvalue weighted by molar-refractivity contribution is 5.93. The lowest BCUT2D eigenvalue weighted by molar-refractivity contribution is -0.281. The molecule has 0 aliphatic carbocycles. The van der Waals surface area contributed by atoms with E-state index in [0.29, 0.717) is 39.1 Å². The molecule has 2 aliphatic rings. The molecule has 0 atom stereocenters. The second-order valence-electron chi connectivity index (χ2n) is 5.59. The molecule has 2 saturated heterocycles. The average Bonchev–Trinajstić information content (AvgIpc) is 2.51. The van der Waals surface area contributed by atoms with E-state index in [4.69, 9.17) is 9.47 Å². The maximum Gasteiger partial charge on any atom is 0.263 e. The van der Waals surface area contributed by atoms with Gasteiger partial charge in [0.05, 0.1) is 13.2 Å². The van der Waals surface area contributed by atoms with Crippen LogP contribution in [0, 0.1) is 0 Å². The van der Waals surface area contributed by atoms with E-state index < -0.39 is 5.79 Å². The smallest absolute Gasteiger partial charge is 0.263 e. The van der Waals surface area contributed by atoms with Crippen LogP contribution in [0.3, 0.4) is 0 Å². The Kier molecular flexibility index (Phi) is 3.82. The minimum absolute atomic E-state index is 0.207. The first-order valence-corrected chi connectivity index (χ1v) is 7.34. The molecule has 0 radical (unpaired) electrons. The molecule has 0 aromatic carbocycles. The molecular formula is C15H20N2O4. The Balaban J connectivity index is 1.70. The van der Waals surface area contributed by atoms with Crippen molar-refractivity contribution < 1.29 is 14.3 Å². The van der Waals surface area contributed by atoms with Crippen molar-refractivity contribution in [3.05, 3.63) is 34.2 Å². The van der Waals surface area contributed by atoms with E-state index in [0.717, 1.165) is 6.42 Å². The molecule has 1 aromatic rings. The Morgan fingerprint density at radius 2 is 1.90 bits per heavy atom. The predicted molar refractivity (Wildman–Crippen MR) is 76.1 cm³/mol. The van der Waals surface area contributed by atoms with E-state index >= 15 is 0 Å². The number of hydrogen-bond donors (Lipinski definition) is 0. The van der Waals surface area contributed by atoms with E-state index in [-0.39, 0.29) is 17.0 Å². The number of hydrogen-bond acceptors (Lipinski definition) is 4. The van der Waals surface area contributed by atoms with Crippen LogP contribution in [0.4, 0.5) is 0 Å². The standard InChI is InChI=1S/C15H20N2O4/c1-16-7-2-4-12(13(16)18)14(19)17-8-5-15(6-9-17)20-10-3-11-21-15/h2,4,7H,3,5-6,8-11H2,1H3. The van der Waals surface area contributed by atoms with Gasteiger partial charge in [-0.3, -0.25) is 9.59 Å². The number of carbonyl (C=O) groups is 1. The summed E-state index contributed by atoms with van der Waals surface area (Å²) in [5.74, 6) is -0.724. The Hall–Kier alpha value is -1.66. The summed E-state index contributed by atoms with van der Waals surface area (Å²) in [6, 6.07) is 3.30. The van der Waals surface area contributed by atoms with Crippen molar-refractivity contribution in [2.45, 2.75) is 25.0 Å². The Labute approximate surface area is 123 Å². The second kappa shape index (κ2) is 5.61. The number of aromatic nitrogens is 1. The first-order chi connectivity index (χ1) is 10.1. The summed E-state index contributed by atoms with van der Waals surface area (Å²) in [6.07, 6.45) is 3.89. The number of ether oxygens (including phenoxy) is 2. The molecule has 0 unspecified atom stereocenters. The molecule has 3 rings (SSSR count). The maximum atomic E-state index is 12.5. The number of aryl methyl sites for hydroxylation is 1. The highest BCUT2D eigenvalue weighted by Crippen LogP contribution is 2.31. The van der Waals surface area contributed by atoms with Gasteiger partial charge in [-0.2, -0.15) is 0 Å². The largest absolute Gasteiger partial charge is 0.350 e. The fourth-order valence-corrected chi connectivity index (χ4v) is 2.89. The molecule has 6 nitrogen and oxygen atoms in total. The van der Waals surface area contributed by atoms with Crippen molar-refractivity contribution in [3.63, 3.8) is 0 Å². The number of rotatable bonds is 1. The first-order valence-electron chi connectivity index (χ1n) is 7.34. The number of amides is 1. The van der Waals surface area contributed by atoms with Crippen molar-refractivity contribution >= 4 is 5.91 Å².